The monoisotopic (exact) mass is 344 g/mol. The summed E-state index contributed by atoms with van der Waals surface area (Å²) < 4.78 is 19.1. The van der Waals surface area contributed by atoms with Crippen LogP contribution < -0.4 is 0 Å². The van der Waals surface area contributed by atoms with Gasteiger partial charge in [0.05, 0.1) is 12.7 Å². The molecule has 0 saturated heterocycles. The third-order valence-corrected chi connectivity index (χ3v) is 4.00. The Balaban J connectivity index is 1.70. The smallest absolute Gasteiger partial charge is 0.209 e. The van der Waals surface area contributed by atoms with E-state index in [1.54, 1.807) is 18.3 Å². The van der Waals surface area contributed by atoms with Crippen LogP contribution in [0.3, 0.4) is 0 Å². The highest BCUT2D eigenvalue weighted by molar-refractivity contribution is 6.30. The molecule has 0 atom stereocenters. The van der Waals surface area contributed by atoms with E-state index in [9.17, 15) is 4.39 Å². The van der Waals surface area contributed by atoms with Crippen molar-refractivity contribution in [3.05, 3.63) is 77.0 Å². The van der Waals surface area contributed by atoms with Crippen molar-refractivity contribution in [3.63, 3.8) is 0 Å². The lowest BCUT2D eigenvalue weighted by atomic mass is 10.2. The largest absolute Gasteiger partial charge is 0.439 e. The van der Waals surface area contributed by atoms with Crippen LogP contribution in [0.1, 0.15) is 18.4 Å². The van der Waals surface area contributed by atoms with Crippen LogP contribution in [0.15, 0.2) is 59.1 Å². The normalized spacial score (nSPS) is 11.2. The zero-order valence-corrected chi connectivity index (χ0v) is 14.1. The molecule has 0 aliphatic heterocycles. The Labute approximate surface area is 145 Å². The molecule has 3 aromatic rings. The van der Waals surface area contributed by atoms with Gasteiger partial charge in [-0.1, -0.05) is 42.8 Å². The molecule has 3 rings (SSSR count). The number of halogens is 2. The molecule has 0 aliphatic carbocycles. The summed E-state index contributed by atoms with van der Waals surface area (Å²) in [4.78, 5) is 6.48. The van der Waals surface area contributed by atoms with Crippen LogP contribution >= 0.6 is 11.6 Å². The van der Waals surface area contributed by atoms with Crippen molar-refractivity contribution < 1.29 is 8.81 Å². The van der Waals surface area contributed by atoms with Crippen molar-refractivity contribution in [2.75, 3.05) is 6.54 Å². The van der Waals surface area contributed by atoms with Gasteiger partial charge < -0.3 is 4.42 Å². The van der Waals surface area contributed by atoms with E-state index >= 15 is 0 Å². The highest BCUT2D eigenvalue weighted by Gasteiger charge is 2.11. The Morgan fingerprint density at radius 3 is 2.71 bits per heavy atom. The molecule has 1 aromatic heterocycles. The van der Waals surface area contributed by atoms with Crippen molar-refractivity contribution >= 4 is 11.6 Å². The third-order valence-electron chi connectivity index (χ3n) is 3.76. The van der Waals surface area contributed by atoms with Gasteiger partial charge in [-0.15, -0.1) is 0 Å². The molecular weight excluding hydrogens is 327 g/mol. The van der Waals surface area contributed by atoms with Gasteiger partial charge in [0.15, 0.2) is 5.76 Å². The molecule has 0 bridgehead atoms. The van der Waals surface area contributed by atoms with E-state index < -0.39 is 0 Å². The summed E-state index contributed by atoms with van der Waals surface area (Å²) in [6.45, 7) is 4.07. The van der Waals surface area contributed by atoms with Crippen LogP contribution in [-0.2, 0) is 13.1 Å². The number of oxazole rings is 1. The van der Waals surface area contributed by atoms with Gasteiger partial charge in [0.2, 0.25) is 5.89 Å². The van der Waals surface area contributed by atoms with Crippen molar-refractivity contribution in [1.82, 2.24) is 9.88 Å². The Morgan fingerprint density at radius 1 is 1.12 bits per heavy atom. The molecule has 0 radical (unpaired) electrons. The van der Waals surface area contributed by atoms with Crippen LogP contribution in [0, 0.1) is 5.82 Å². The number of hydrogen-bond acceptors (Lipinski definition) is 3. The van der Waals surface area contributed by atoms with Gasteiger partial charge in [-0.2, -0.15) is 0 Å². The minimum absolute atomic E-state index is 0.220. The Hall–Kier alpha value is -2.17. The summed E-state index contributed by atoms with van der Waals surface area (Å²) in [7, 11) is 0. The second-order valence-corrected chi connectivity index (χ2v) is 6.00. The zero-order chi connectivity index (χ0) is 16.9. The summed E-state index contributed by atoms with van der Waals surface area (Å²) >= 11 is 6.01. The molecular formula is C19H18ClFN2O. The van der Waals surface area contributed by atoms with E-state index in [-0.39, 0.29) is 5.82 Å². The average Bonchev–Trinajstić information content (AvgIpc) is 3.03. The molecule has 2 aromatic carbocycles. The van der Waals surface area contributed by atoms with Gasteiger partial charge >= 0.3 is 0 Å². The van der Waals surface area contributed by atoms with Gasteiger partial charge in [-0.3, -0.25) is 4.90 Å². The molecule has 5 heteroatoms. The van der Waals surface area contributed by atoms with Crippen molar-refractivity contribution in [2.45, 2.75) is 20.0 Å². The number of hydrogen-bond donors (Lipinski definition) is 0. The molecule has 124 valence electrons. The quantitative estimate of drug-likeness (QED) is 0.618. The molecule has 0 aliphatic rings. The van der Waals surface area contributed by atoms with Gasteiger partial charge in [-0.05, 0) is 36.4 Å². The van der Waals surface area contributed by atoms with E-state index in [4.69, 9.17) is 16.0 Å². The second-order valence-electron chi connectivity index (χ2n) is 5.56. The van der Waals surface area contributed by atoms with Crippen molar-refractivity contribution in [2.24, 2.45) is 0 Å². The maximum Gasteiger partial charge on any atom is 0.209 e. The molecule has 0 fully saturated rings. The summed E-state index contributed by atoms with van der Waals surface area (Å²) in [5.41, 5.74) is 1.83. The van der Waals surface area contributed by atoms with E-state index in [2.05, 4.69) is 16.8 Å². The number of nitrogens with zero attached hydrogens (tertiary/aromatic N) is 2. The molecule has 0 amide bonds. The predicted octanol–water partition coefficient (Wildman–Crippen LogP) is 5.16. The van der Waals surface area contributed by atoms with Crippen LogP contribution in [0.5, 0.6) is 0 Å². The topological polar surface area (TPSA) is 29.3 Å². The number of rotatable bonds is 6. The lowest BCUT2D eigenvalue weighted by Crippen LogP contribution is -2.22. The standard InChI is InChI=1S/C19H18ClFN2O/c1-2-23(12-14-5-3-8-17(21)9-14)13-19-22-11-18(24-19)15-6-4-7-16(20)10-15/h3-11H,2,12-13H2,1H3. The highest BCUT2D eigenvalue weighted by Crippen LogP contribution is 2.24. The Kier molecular flexibility index (Phi) is 5.28. The van der Waals surface area contributed by atoms with E-state index in [0.717, 1.165) is 17.7 Å². The van der Waals surface area contributed by atoms with Gasteiger partial charge in [0.25, 0.3) is 0 Å². The second kappa shape index (κ2) is 7.60. The van der Waals surface area contributed by atoms with Crippen LogP contribution in [0.4, 0.5) is 4.39 Å². The molecule has 0 unspecified atom stereocenters. The molecule has 0 saturated carbocycles. The van der Waals surface area contributed by atoms with Gasteiger partial charge in [0, 0.05) is 17.1 Å². The molecule has 1 heterocycles. The highest BCUT2D eigenvalue weighted by atomic mass is 35.5. The van der Waals surface area contributed by atoms with Gasteiger partial charge in [-0.25, -0.2) is 9.37 Å². The van der Waals surface area contributed by atoms with Crippen LogP contribution in [0.2, 0.25) is 5.02 Å². The molecule has 3 nitrogen and oxygen atoms in total. The van der Waals surface area contributed by atoms with Crippen LogP contribution in [0.25, 0.3) is 11.3 Å². The van der Waals surface area contributed by atoms with Crippen molar-refractivity contribution in [3.8, 4) is 11.3 Å². The molecule has 24 heavy (non-hydrogen) atoms. The first-order valence-corrected chi connectivity index (χ1v) is 8.19. The first kappa shape index (κ1) is 16.7. The fourth-order valence-electron chi connectivity index (χ4n) is 2.52. The lowest BCUT2D eigenvalue weighted by molar-refractivity contribution is 0.243. The van der Waals surface area contributed by atoms with Crippen molar-refractivity contribution in [1.29, 1.82) is 0 Å². The molecule has 0 N–H and O–H groups in total. The minimum atomic E-state index is -0.220. The van der Waals surface area contributed by atoms with E-state index in [1.807, 2.05) is 30.3 Å². The maximum atomic E-state index is 13.3. The summed E-state index contributed by atoms with van der Waals surface area (Å²) in [5, 5.41) is 0.659. The minimum Gasteiger partial charge on any atom is -0.439 e. The third kappa shape index (κ3) is 4.22. The first-order chi connectivity index (χ1) is 11.6. The fraction of sp³-hybridized carbons (Fsp3) is 0.211. The maximum absolute atomic E-state index is 13.3. The van der Waals surface area contributed by atoms with Gasteiger partial charge in [0.1, 0.15) is 5.82 Å². The Morgan fingerprint density at radius 2 is 1.96 bits per heavy atom. The first-order valence-electron chi connectivity index (χ1n) is 7.81. The average molecular weight is 345 g/mol. The predicted molar refractivity (Wildman–Crippen MR) is 93.1 cm³/mol. The van der Waals surface area contributed by atoms with E-state index in [0.29, 0.717) is 29.8 Å². The Bertz CT molecular complexity index is 818. The summed E-state index contributed by atoms with van der Waals surface area (Å²) in [5.74, 6) is 1.10. The summed E-state index contributed by atoms with van der Waals surface area (Å²) in [6, 6.07) is 14.1. The number of benzene rings is 2. The lowest BCUT2D eigenvalue weighted by Gasteiger charge is -2.18. The summed E-state index contributed by atoms with van der Waals surface area (Å²) in [6.07, 6.45) is 1.71. The zero-order valence-electron chi connectivity index (χ0n) is 13.4. The van der Waals surface area contributed by atoms with Crippen LogP contribution in [-0.4, -0.2) is 16.4 Å². The van der Waals surface area contributed by atoms with E-state index in [1.165, 1.54) is 6.07 Å². The fourth-order valence-corrected chi connectivity index (χ4v) is 2.71. The molecule has 0 spiro atoms. The number of aromatic nitrogens is 1. The SMILES string of the molecule is CCN(Cc1cccc(F)c1)Cc1ncc(-c2cccc(Cl)c2)o1.